The van der Waals surface area contributed by atoms with Crippen LogP contribution in [0.1, 0.15) is 24.5 Å². The van der Waals surface area contributed by atoms with Gasteiger partial charge in [0.1, 0.15) is 0 Å². The summed E-state index contributed by atoms with van der Waals surface area (Å²) in [4.78, 5) is 11.4. The summed E-state index contributed by atoms with van der Waals surface area (Å²) in [5, 5.41) is 2.93. The van der Waals surface area contributed by atoms with Crippen molar-refractivity contribution in [3.05, 3.63) is 59.7 Å². The summed E-state index contributed by atoms with van der Waals surface area (Å²) in [5.74, 6) is 0.0723. The molecule has 0 bridgehead atoms. The van der Waals surface area contributed by atoms with E-state index >= 15 is 0 Å². The van der Waals surface area contributed by atoms with Gasteiger partial charge in [0, 0.05) is 13.0 Å². The molecule has 110 valence electrons. The molecule has 0 unspecified atom stereocenters. The molecule has 0 spiro atoms. The second-order valence-corrected chi connectivity index (χ2v) is 5.02. The summed E-state index contributed by atoms with van der Waals surface area (Å²) in [5.41, 5.74) is 10.3. The predicted octanol–water partition coefficient (Wildman–Crippen LogP) is 2.88. The van der Waals surface area contributed by atoms with Gasteiger partial charge in [0.25, 0.3) is 0 Å². The Morgan fingerprint density at radius 2 is 1.81 bits per heavy atom. The van der Waals surface area contributed by atoms with E-state index in [0.29, 0.717) is 19.5 Å². The number of nitrogens with two attached hydrogens (primary N) is 1. The lowest BCUT2D eigenvalue weighted by molar-refractivity contribution is -0.120. The Bertz CT molecular complexity index is 590. The maximum atomic E-state index is 11.4. The van der Waals surface area contributed by atoms with Crippen molar-refractivity contribution in [1.29, 1.82) is 0 Å². The van der Waals surface area contributed by atoms with Crippen molar-refractivity contribution in [3.8, 4) is 11.1 Å². The number of rotatable bonds is 6. The quantitative estimate of drug-likeness (QED) is 0.856. The van der Waals surface area contributed by atoms with Gasteiger partial charge >= 0.3 is 0 Å². The van der Waals surface area contributed by atoms with Crippen molar-refractivity contribution in [2.45, 2.75) is 26.3 Å². The molecule has 0 atom stereocenters. The van der Waals surface area contributed by atoms with E-state index in [1.807, 2.05) is 19.1 Å². The zero-order chi connectivity index (χ0) is 15.1. The number of benzene rings is 2. The molecule has 0 saturated carbocycles. The molecule has 1 amide bonds. The Morgan fingerprint density at radius 3 is 2.48 bits per heavy atom. The lowest BCUT2D eigenvalue weighted by Crippen LogP contribution is -2.21. The van der Waals surface area contributed by atoms with Crippen LogP contribution in [0.4, 0.5) is 0 Å². The van der Waals surface area contributed by atoms with E-state index in [1.54, 1.807) is 0 Å². The van der Waals surface area contributed by atoms with Crippen molar-refractivity contribution in [2.24, 2.45) is 5.73 Å². The fraction of sp³-hybridized carbons (Fsp3) is 0.278. The highest BCUT2D eigenvalue weighted by atomic mass is 16.1. The van der Waals surface area contributed by atoms with Crippen LogP contribution in [-0.4, -0.2) is 12.5 Å². The molecular formula is C18H22N2O. The highest BCUT2D eigenvalue weighted by Crippen LogP contribution is 2.24. The zero-order valence-corrected chi connectivity index (χ0v) is 12.4. The Labute approximate surface area is 126 Å². The highest BCUT2D eigenvalue weighted by molar-refractivity contribution is 5.76. The molecule has 0 aliphatic rings. The van der Waals surface area contributed by atoms with Gasteiger partial charge in [-0.1, -0.05) is 55.5 Å². The molecule has 0 saturated heterocycles. The SMILES string of the molecule is CCC(=O)NCc1ccccc1-c1ccc(CCN)cc1. The molecule has 0 fully saturated rings. The third-order valence-electron chi connectivity index (χ3n) is 3.51. The van der Waals surface area contributed by atoms with Crippen LogP contribution in [0.15, 0.2) is 48.5 Å². The molecule has 3 nitrogen and oxygen atoms in total. The minimum Gasteiger partial charge on any atom is -0.352 e. The highest BCUT2D eigenvalue weighted by Gasteiger charge is 2.06. The second-order valence-electron chi connectivity index (χ2n) is 5.02. The Kier molecular flexibility index (Phi) is 5.52. The van der Waals surface area contributed by atoms with Crippen LogP contribution in [0.5, 0.6) is 0 Å². The number of carbonyl (C=O) groups is 1. The molecule has 0 aromatic heterocycles. The first-order valence-corrected chi connectivity index (χ1v) is 7.38. The van der Waals surface area contributed by atoms with Crippen molar-refractivity contribution in [2.75, 3.05) is 6.54 Å². The minimum atomic E-state index is 0.0723. The third-order valence-corrected chi connectivity index (χ3v) is 3.51. The van der Waals surface area contributed by atoms with Gasteiger partial charge in [-0.15, -0.1) is 0 Å². The number of nitrogens with one attached hydrogen (secondary N) is 1. The maximum Gasteiger partial charge on any atom is 0.219 e. The molecule has 2 rings (SSSR count). The summed E-state index contributed by atoms with van der Waals surface area (Å²) in [6, 6.07) is 16.6. The van der Waals surface area contributed by atoms with Gasteiger partial charge < -0.3 is 11.1 Å². The van der Waals surface area contributed by atoms with Gasteiger partial charge in [-0.05, 0) is 35.2 Å². The van der Waals surface area contributed by atoms with Crippen LogP contribution >= 0.6 is 0 Å². The van der Waals surface area contributed by atoms with Crippen molar-refractivity contribution in [3.63, 3.8) is 0 Å². The number of hydrogen-bond donors (Lipinski definition) is 2. The molecular weight excluding hydrogens is 260 g/mol. The van der Waals surface area contributed by atoms with Gasteiger partial charge in [-0.25, -0.2) is 0 Å². The average molecular weight is 282 g/mol. The molecule has 2 aromatic carbocycles. The van der Waals surface area contributed by atoms with E-state index in [1.165, 1.54) is 5.56 Å². The van der Waals surface area contributed by atoms with Crippen molar-refractivity contribution in [1.82, 2.24) is 5.32 Å². The first-order valence-electron chi connectivity index (χ1n) is 7.38. The van der Waals surface area contributed by atoms with Crippen LogP contribution in [0.25, 0.3) is 11.1 Å². The monoisotopic (exact) mass is 282 g/mol. The maximum absolute atomic E-state index is 11.4. The number of hydrogen-bond acceptors (Lipinski definition) is 2. The topological polar surface area (TPSA) is 55.1 Å². The average Bonchev–Trinajstić information content (AvgIpc) is 2.54. The summed E-state index contributed by atoms with van der Waals surface area (Å²) in [7, 11) is 0. The van der Waals surface area contributed by atoms with Crippen LogP contribution in [0, 0.1) is 0 Å². The Hall–Kier alpha value is -2.13. The second kappa shape index (κ2) is 7.60. The molecule has 0 aliphatic heterocycles. The number of carbonyl (C=O) groups excluding carboxylic acids is 1. The smallest absolute Gasteiger partial charge is 0.219 e. The lowest BCUT2D eigenvalue weighted by atomic mass is 9.98. The van der Waals surface area contributed by atoms with Gasteiger partial charge in [0.05, 0.1) is 0 Å². The standard InChI is InChI=1S/C18H22N2O/c1-2-18(21)20-13-16-5-3-4-6-17(16)15-9-7-14(8-10-15)11-12-19/h3-10H,2,11-13,19H2,1H3,(H,20,21). The molecule has 0 aliphatic carbocycles. The van der Waals surface area contributed by atoms with Crippen LogP contribution in [0.2, 0.25) is 0 Å². The summed E-state index contributed by atoms with van der Waals surface area (Å²) < 4.78 is 0. The third kappa shape index (κ3) is 4.17. The van der Waals surface area contributed by atoms with E-state index in [0.717, 1.165) is 23.1 Å². The normalized spacial score (nSPS) is 10.4. The molecule has 3 N–H and O–H groups in total. The van der Waals surface area contributed by atoms with Crippen LogP contribution in [0.3, 0.4) is 0 Å². The van der Waals surface area contributed by atoms with E-state index < -0.39 is 0 Å². The van der Waals surface area contributed by atoms with Gasteiger partial charge in [-0.2, -0.15) is 0 Å². The molecule has 0 radical (unpaired) electrons. The van der Waals surface area contributed by atoms with E-state index in [2.05, 4.69) is 41.7 Å². The molecule has 0 heterocycles. The van der Waals surface area contributed by atoms with Gasteiger partial charge in [0.15, 0.2) is 0 Å². The summed E-state index contributed by atoms with van der Waals surface area (Å²) >= 11 is 0. The molecule has 2 aromatic rings. The Balaban J connectivity index is 2.20. The van der Waals surface area contributed by atoms with Crippen LogP contribution in [-0.2, 0) is 17.8 Å². The molecule has 3 heteroatoms. The van der Waals surface area contributed by atoms with Gasteiger partial charge in [0.2, 0.25) is 5.91 Å². The largest absolute Gasteiger partial charge is 0.352 e. The summed E-state index contributed by atoms with van der Waals surface area (Å²) in [6.07, 6.45) is 1.41. The Morgan fingerprint density at radius 1 is 1.10 bits per heavy atom. The fourth-order valence-electron chi connectivity index (χ4n) is 2.29. The zero-order valence-electron chi connectivity index (χ0n) is 12.4. The number of amides is 1. The fourth-order valence-corrected chi connectivity index (χ4v) is 2.29. The lowest BCUT2D eigenvalue weighted by Gasteiger charge is -2.11. The van der Waals surface area contributed by atoms with E-state index in [-0.39, 0.29) is 5.91 Å². The summed E-state index contributed by atoms with van der Waals surface area (Å²) in [6.45, 7) is 3.09. The van der Waals surface area contributed by atoms with Crippen molar-refractivity contribution < 1.29 is 4.79 Å². The van der Waals surface area contributed by atoms with Crippen LogP contribution < -0.4 is 11.1 Å². The van der Waals surface area contributed by atoms with Gasteiger partial charge in [-0.3, -0.25) is 4.79 Å². The van der Waals surface area contributed by atoms with Crippen molar-refractivity contribution >= 4 is 5.91 Å². The predicted molar refractivity (Wildman–Crippen MR) is 86.8 cm³/mol. The minimum absolute atomic E-state index is 0.0723. The van der Waals surface area contributed by atoms with E-state index in [9.17, 15) is 4.79 Å². The first kappa shape index (κ1) is 15.3. The first-order chi connectivity index (χ1) is 10.2. The van der Waals surface area contributed by atoms with E-state index in [4.69, 9.17) is 5.73 Å². The molecule has 21 heavy (non-hydrogen) atoms.